The van der Waals surface area contributed by atoms with Crippen LogP contribution in [-0.2, 0) is 17.8 Å². The van der Waals surface area contributed by atoms with Crippen LogP contribution in [0.15, 0.2) is 85.5 Å². The lowest BCUT2D eigenvalue weighted by Crippen LogP contribution is -2.25. The van der Waals surface area contributed by atoms with Gasteiger partial charge in [-0.25, -0.2) is 0 Å². The molecule has 2 aromatic carbocycles. The van der Waals surface area contributed by atoms with Crippen LogP contribution in [0.5, 0.6) is 0 Å². The van der Waals surface area contributed by atoms with Crippen molar-refractivity contribution in [3.8, 4) is 0 Å². The quantitative estimate of drug-likeness (QED) is 0.221. The van der Waals surface area contributed by atoms with Gasteiger partial charge in [-0.2, -0.15) is 0 Å². The maximum atomic E-state index is 12.7. The van der Waals surface area contributed by atoms with E-state index in [4.69, 9.17) is 11.6 Å². The van der Waals surface area contributed by atoms with Gasteiger partial charge in [0.1, 0.15) is 0 Å². The highest BCUT2D eigenvalue weighted by Crippen LogP contribution is 2.21. The maximum Gasteiger partial charge on any atom is 0.162 e. The van der Waals surface area contributed by atoms with Gasteiger partial charge < -0.3 is 0 Å². The summed E-state index contributed by atoms with van der Waals surface area (Å²) in [6.07, 6.45) is 9.12. The van der Waals surface area contributed by atoms with Gasteiger partial charge in [0.15, 0.2) is 5.78 Å². The van der Waals surface area contributed by atoms with Crippen molar-refractivity contribution in [3.05, 3.63) is 107 Å². The van der Waals surface area contributed by atoms with Crippen LogP contribution in [0.1, 0.15) is 42.9 Å². The molecule has 2 aromatic rings. The number of hydrogen-bond acceptors (Lipinski definition) is 2. The minimum absolute atomic E-state index is 0.0311. The third-order valence-corrected chi connectivity index (χ3v) is 5.98. The first-order valence-electron chi connectivity index (χ1n) is 11.5. The highest BCUT2D eigenvalue weighted by molar-refractivity contribution is 6.30. The molecule has 0 aliphatic rings. The van der Waals surface area contributed by atoms with Crippen LogP contribution in [-0.4, -0.2) is 23.8 Å². The number of aryl methyl sites for hydroxylation is 1. The van der Waals surface area contributed by atoms with Gasteiger partial charge in [-0.3, -0.25) is 9.69 Å². The van der Waals surface area contributed by atoms with Gasteiger partial charge in [-0.05, 0) is 67.1 Å². The summed E-state index contributed by atoms with van der Waals surface area (Å²) < 4.78 is 0. The molecule has 32 heavy (non-hydrogen) atoms. The van der Waals surface area contributed by atoms with E-state index in [0.717, 1.165) is 43.9 Å². The molecule has 0 spiro atoms. The summed E-state index contributed by atoms with van der Waals surface area (Å²) in [6, 6.07) is 16.3. The predicted molar refractivity (Wildman–Crippen MR) is 138 cm³/mol. The third-order valence-electron chi connectivity index (χ3n) is 5.73. The number of allylic oxidation sites excluding steroid dienone is 3. The Morgan fingerprint density at radius 2 is 1.81 bits per heavy atom. The lowest BCUT2D eigenvalue weighted by Gasteiger charge is -2.21. The molecule has 2 rings (SSSR count). The van der Waals surface area contributed by atoms with E-state index in [9.17, 15) is 4.79 Å². The van der Waals surface area contributed by atoms with Crippen LogP contribution in [0.2, 0.25) is 5.02 Å². The summed E-state index contributed by atoms with van der Waals surface area (Å²) in [5.41, 5.74) is 4.37. The Kier molecular flexibility index (Phi) is 11.2. The summed E-state index contributed by atoms with van der Waals surface area (Å²) in [4.78, 5) is 15.1. The molecule has 0 radical (unpaired) electrons. The molecule has 0 fully saturated rings. The number of hydrogen-bond donors (Lipinski definition) is 0. The van der Waals surface area contributed by atoms with Gasteiger partial charge in [0, 0.05) is 30.5 Å². The number of nitrogens with zero attached hydrogens (tertiary/aromatic N) is 1. The largest absolute Gasteiger partial charge is 0.299 e. The second kappa shape index (κ2) is 13.9. The molecule has 3 heteroatoms. The maximum absolute atomic E-state index is 12.7. The average Bonchev–Trinajstić information content (AvgIpc) is 2.79. The highest BCUT2D eigenvalue weighted by Gasteiger charge is 2.16. The van der Waals surface area contributed by atoms with Gasteiger partial charge in [0.2, 0.25) is 0 Å². The fraction of sp³-hybridized carbons (Fsp3) is 0.345. The first-order valence-corrected chi connectivity index (χ1v) is 11.8. The van der Waals surface area contributed by atoms with Crippen LogP contribution in [0, 0.1) is 12.8 Å². The van der Waals surface area contributed by atoms with Crippen molar-refractivity contribution in [1.29, 1.82) is 0 Å². The summed E-state index contributed by atoms with van der Waals surface area (Å²) in [5.74, 6) is 0.0581. The Bertz CT molecular complexity index is 913. The summed E-state index contributed by atoms with van der Waals surface area (Å²) in [6.45, 7) is 15.2. The second-order valence-corrected chi connectivity index (χ2v) is 8.72. The van der Waals surface area contributed by atoms with Crippen molar-refractivity contribution in [1.82, 2.24) is 4.90 Å². The lowest BCUT2D eigenvalue weighted by molar-refractivity contribution is -0.115. The van der Waals surface area contributed by atoms with Crippen LogP contribution in [0.3, 0.4) is 0 Å². The Morgan fingerprint density at radius 3 is 2.47 bits per heavy atom. The zero-order valence-electron chi connectivity index (χ0n) is 19.5. The minimum Gasteiger partial charge on any atom is -0.299 e. The van der Waals surface area contributed by atoms with Crippen molar-refractivity contribution in [2.24, 2.45) is 5.92 Å². The molecule has 170 valence electrons. The molecule has 0 amide bonds. The Hall–Kier alpha value is -2.42. The van der Waals surface area contributed by atoms with Gasteiger partial charge in [-0.1, -0.05) is 79.7 Å². The van der Waals surface area contributed by atoms with E-state index < -0.39 is 0 Å². The van der Waals surface area contributed by atoms with Crippen LogP contribution < -0.4 is 0 Å². The molecule has 0 saturated heterocycles. The zero-order chi connectivity index (χ0) is 23.3. The highest BCUT2D eigenvalue weighted by atomic mass is 35.5. The third kappa shape index (κ3) is 8.61. The molecule has 1 atom stereocenters. The van der Waals surface area contributed by atoms with Crippen LogP contribution >= 0.6 is 11.6 Å². The molecule has 0 aliphatic heterocycles. The van der Waals surface area contributed by atoms with Crippen molar-refractivity contribution in [2.75, 3.05) is 13.1 Å². The van der Waals surface area contributed by atoms with E-state index in [1.807, 2.05) is 36.4 Å². The number of ketones is 1. The summed E-state index contributed by atoms with van der Waals surface area (Å²) in [7, 11) is 0. The normalized spacial score (nSPS) is 12.2. The number of carbonyl (C=O) groups excluding carboxylic acids is 1. The fourth-order valence-electron chi connectivity index (χ4n) is 3.76. The number of Topliss-reactive ketones (excluding diaryl/α,β-unsaturated/α-hetero) is 1. The van der Waals surface area contributed by atoms with Gasteiger partial charge in [0.25, 0.3) is 0 Å². The topological polar surface area (TPSA) is 20.3 Å². The Morgan fingerprint density at radius 1 is 1.09 bits per heavy atom. The predicted octanol–water partition coefficient (Wildman–Crippen LogP) is 7.37. The molecule has 0 N–H and O–H groups in total. The molecule has 0 aliphatic carbocycles. The molecule has 0 aromatic heterocycles. The van der Waals surface area contributed by atoms with Gasteiger partial charge in [-0.15, -0.1) is 6.58 Å². The molecule has 0 bridgehead atoms. The van der Waals surface area contributed by atoms with Crippen molar-refractivity contribution < 1.29 is 4.79 Å². The number of halogens is 1. The van der Waals surface area contributed by atoms with E-state index >= 15 is 0 Å². The van der Waals surface area contributed by atoms with Gasteiger partial charge in [0.05, 0.1) is 0 Å². The average molecular weight is 450 g/mol. The SMILES string of the molecule is C=C[C@H](Cc1ccccc1C)C(=C)C(=O)C/C=C\CCN(CCC)Cc1ccc(Cl)cc1. The first kappa shape index (κ1) is 25.8. The van der Waals surface area contributed by atoms with E-state index in [2.05, 4.69) is 62.2 Å². The lowest BCUT2D eigenvalue weighted by atomic mass is 9.88. The Labute approximate surface area is 199 Å². The summed E-state index contributed by atoms with van der Waals surface area (Å²) >= 11 is 5.99. The molecular formula is C29H36ClNO. The van der Waals surface area contributed by atoms with Gasteiger partial charge >= 0.3 is 0 Å². The van der Waals surface area contributed by atoms with E-state index in [-0.39, 0.29) is 11.7 Å². The minimum atomic E-state index is -0.0311. The number of rotatable bonds is 14. The number of carbonyl (C=O) groups is 1. The summed E-state index contributed by atoms with van der Waals surface area (Å²) in [5, 5.41) is 0.766. The van der Waals surface area contributed by atoms with Crippen molar-refractivity contribution in [2.45, 2.75) is 46.1 Å². The first-order chi connectivity index (χ1) is 15.4. The fourth-order valence-corrected chi connectivity index (χ4v) is 3.89. The van der Waals surface area contributed by atoms with Crippen molar-refractivity contribution >= 4 is 17.4 Å². The number of benzene rings is 2. The van der Waals surface area contributed by atoms with Crippen LogP contribution in [0.25, 0.3) is 0 Å². The molecule has 2 nitrogen and oxygen atoms in total. The van der Waals surface area contributed by atoms with E-state index in [1.54, 1.807) is 0 Å². The molecule has 0 saturated carbocycles. The van der Waals surface area contributed by atoms with Crippen molar-refractivity contribution in [3.63, 3.8) is 0 Å². The monoisotopic (exact) mass is 449 g/mol. The molecule has 0 unspecified atom stereocenters. The zero-order valence-corrected chi connectivity index (χ0v) is 20.3. The van der Waals surface area contributed by atoms with E-state index in [0.29, 0.717) is 12.0 Å². The molecule has 0 heterocycles. The Balaban J connectivity index is 1.81. The van der Waals surface area contributed by atoms with Crippen LogP contribution in [0.4, 0.5) is 0 Å². The standard InChI is InChI=1S/C29H36ClNO/c1-5-19-31(22-25-15-17-28(30)18-16-25)20-11-7-8-14-29(32)24(4)26(6-2)21-27-13-10-9-12-23(27)3/h6-10,12-13,15-18,26H,2,4-5,11,14,19-22H2,1,3H3/b8-7-/t26-/m1/s1. The molecular weight excluding hydrogens is 414 g/mol. The van der Waals surface area contributed by atoms with E-state index in [1.165, 1.54) is 16.7 Å². The smallest absolute Gasteiger partial charge is 0.162 e. The second-order valence-electron chi connectivity index (χ2n) is 8.29.